The molecule has 418 valence electrons. The predicted molar refractivity (Wildman–Crippen MR) is 278 cm³/mol. The topological polar surface area (TPSA) is 310 Å². The number of esters is 1. The van der Waals surface area contributed by atoms with Gasteiger partial charge in [-0.1, -0.05) is 134 Å². The highest BCUT2D eigenvalue weighted by atomic mass is 16.5. The monoisotopic (exact) mass is 1030 g/mol. The van der Waals surface area contributed by atoms with E-state index in [1.165, 1.54) is 6.42 Å². The van der Waals surface area contributed by atoms with E-state index in [1.807, 2.05) is 34.6 Å². The number of hydrogen-bond acceptors (Lipinski definition) is 11. The smallest absolute Gasteiger partial charge is 0.329 e. The van der Waals surface area contributed by atoms with Gasteiger partial charge in [0.15, 0.2) is 0 Å². The van der Waals surface area contributed by atoms with Crippen LogP contribution in [0, 0.1) is 35.5 Å². The van der Waals surface area contributed by atoms with E-state index < -0.39 is 132 Å². The molecular weight excluding hydrogens is 941 g/mol. The maximum Gasteiger partial charge on any atom is 0.329 e. The van der Waals surface area contributed by atoms with Gasteiger partial charge in [-0.15, -0.1) is 0 Å². The Labute approximate surface area is 434 Å². The number of primary amides is 1. The number of carbonyl (C=O) groups excluding carboxylic acids is 9. The second-order valence-electron chi connectivity index (χ2n) is 22.2. The van der Waals surface area contributed by atoms with Crippen LogP contribution in [0.25, 0.3) is 0 Å². The summed E-state index contributed by atoms with van der Waals surface area (Å²) in [6, 6.07) is -9.49. The Hall–Kier alpha value is -5.30. The maximum atomic E-state index is 14.3. The van der Waals surface area contributed by atoms with Crippen LogP contribution in [0.15, 0.2) is 0 Å². The fourth-order valence-corrected chi connectivity index (χ4v) is 8.55. The van der Waals surface area contributed by atoms with E-state index in [4.69, 9.17) is 10.5 Å². The molecule has 5 unspecified atom stereocenters. The first-order valence-electron chi connectivity index (χ1n) is 27.0. The van der Waals surface area contributed by atoms with Crippen molar-refractivity contribution in [3.63, 3.8) is 0 Å². The van der Waals surface area contributed by atoms with E-state index in [9.17, 15) is 53.1 Å². The summed E-state index contributed by atoms with van der Waals surface area (Å²) in [6.45, 7) is 22.0. The number of cyclic esters (lactones) is 1. The summed E-state index contributed by atoms with van der Waals surface area (Å²) in [4.78, 5) is 137. The number of nitrogens with one attached hydrogen (secondary N) is 7. The van der Waals surface area contributed by atoms with Gasteiger partial charge in [-0.05, 0) is 74.0 Å². The Morgan fingerprint density at radius 3 is 1.40 bits per heavy atom. The fourth-order valence-electron chi connectivity index (χ4n) is 8.55. The van der Waals surface area contributed by atoms with Gasteiger partial charge in [-0.2, -0.15) is 0 Å². The van der Waals surface area contributed by atoms with Crippen molar-refractivity contribution in [2.24, 2.45) is 41.2 Å². The summed E-state index contributed by atoms with van der Waals surface area (Å²) in [7, 11) is 0. The average molecular weight is 1040 g/mol. The number of aliphatic carboxylic acids is 1. The van der Waals surface area contributed by atoms with Crippen LogP contribution in [0.3, 0.4) is 0 Å². The lowest BCUT2D eigenvalue weighted by molar-refractivity contribution is -0.156. The Balaban J connectivity index is 3.96. The normalized spacial score (nSPS) is 24.4. The van der Waals surface area contributed by atoms with Crippen LogP contribution < -0.4 is 43.0 Å². The number of carboxylic acids is 1. The number of amides is 8. The molecule has 73 heavy (non-hydrogen) atoms. The third kappa shape index (κ3) is 27.0. The van der Waals surface area contributed by atoms with Crippen LogP contribution in [0.5, 0.6) is 0 Å². The van der Waals surface area contributed by atoms with Crippen LogP contribution in [0.4, 0.5) is 0 Å². The molecule has 0 spiro atoms. The Morgan fingerprint density at radius 1 is 0.534 bits per heavy atom. The lowest BCUT2D eigenvalue weighted by Gasteiger charge is -2.30. The second-order valence-corrected chi connectivity index (χ2v) is 22.2. The minimum Gasteiger partial charge on any atom is -0.481 e. The first-order chi connectivity index (χ1) is 34.1. The van der Waals surface area contributed by atoms with E-state index in [1.54, 1.807) is 34.6 Å². The summed E-state index contributed by atoms with van der Waals surface area (Å²) in [5, 5.41) is 28.5. The van der Waals surface area contributed by atoms with Crippen molar-refractivity contribution in [1.29, 1.82) is 0 Å². The molecule has 0 bridgehead atoms. The number of carboxylic acid groups (broad SMARTS) is 1. The molecule has 0 aromatic carbocycles. The van der Waals surface area contributed by atoms with Crippen molar-refractivity contribution in [3.8, 4) is 0 Å². The predicted octanol–water partition coefficient (Wildman–Crippen LogP) is 4.44. The molecule has 1 heterocycles. The minimum absolute atomic E-state index is 0.0459. The Kier molecular flexibility index (Phi) is 30.8. The summed E-state index contributed by atoms with van der Waals surface area (Å²) in [5.74, 6) is -9.76. The Bertz CT molecular complexity index is 1810. The molecule has 20 nitrogen and oxygen atoms in total. The molecule has 10 N–H and O–H groups in total. The van der Waals surface area contributed by atoms with Gasteiger partial charge in [0.25, 0.3) is 0 Å². The maximum absolute atomic E-state index is 14.3. The molecular formula is C53H94N8O12. The van der Waals surface area contributed by atoms with E-state index in [0.717, 1.165) is 38.5 Å². The van der Waals surface area contributed by atoms with Gasteiger partial charge in [0.05, 0.1) is 12.8 Å². The lowest BCUT2D eigenvalue weighted by Crippen LogP contribution is -2.61. The highest BCUT2D eigenvalue weighted by Crippen LogP contribution is 2.20. The zero-order valence-corrected chi connectivity index (χ0v) is 46.1. The standard InChI is InChI=1S/C53H94N8O12/c1-13-35(12)46-53(72)73-36(22-20-18-16-14-15-17-19-21-30(2)3)28-43(63)55-37(23-24-42(54)62)47(66)56-38(25-31(4)5)48(67)57-39(26-32(6)7)50(69)60-45(34(10)11)52(71)59-41(29-44(64)65)49(68)58-40(27-33(8)9)51(70)61-46/h30-41,45-46H,13-29H2,1-12H3,(H2,54,62)(H,55,63)(H,56,66)(H,57,67)(H,58,68)(H,59,71)(H,60,69)(H,61,70)(H,64,65)/t35-,36?,37?,38-,39?,40?,41-,45?,46-/m0/s1. The fraction of sp³-hybridized carbons (Fsp3) is 0.811. The van der Waals surface area contributed by atoms with Gasteiger partial charge in [0, 0.05) is 6.42 Å². The molecule has 0 aromatic heterocycles. The average Bonchev–Trinajstić information content (AvgIpc) is 3.27. The minimum atomic E-state index is -1.72. The van der Waals surface area contributed by atoms with Crippen LogP contribution in [-0.2, 0) is 52.7 Å². The lowest BCUT2D eigenvalue weighted by atomic mass is 9.97. The molecule has 1 aliphatic heterocycles. The summed E-state index contributed by atoms with van der Waals surface area (Å²) >= 11 is 0. The highest BCUT2D eigenvalue weighted by molar-refractivity contribution is 5.98. The Morgan fingerprint density at radius 2 is 0.959 bits per heavy atom. The van der Waals surface area contributed by atoms with Crippen molar-refractivity contribution >= 4 is 59.2 Å². The van der Waals surface area contributed by atoms with Gasteiger partial charge in [-0.3, -0.25) is 43.2 Å². The van der Waals surface area contributed by atoms with Gasteiger partial charge in [0.2, 0.25) is 47.3 Å². The van der Waals surface area contributed by atoms with E-state index in [0.29, 0.717) is 18.8 Å². The van der Waals surface area contributed by atoms with Crippen LogP contribution in [0.2, 0.25) is 0 Å². The van der Waals surface area contributed by atoms with Crippen molar-refractivity contribution in [2.45, 2.75) is 241 Å². The molecule has 1 saturated heterocycles. The molecule has 1 fully saturated rings. The van der Waals surface area contributed by atoms with Crippen molar-refractivity contribution in [1.82, 2.24) is 37.2 Å². The van der Waals surface area contributed by atoms with Crippen molar-refractivity contribution in [2.75, 3.05) is 0 Å². The molecule has 8 amide bonds. The molecule has 1 rings (SSSR count). The number of ether oxygens (including phenoxy) is 1. The van der Waals surface area contributed by atoms with E-state index >= 15 is 0 Å². The van der Waals surface area contributed by atoms with Gasteiger partial charge >= 0.3 is 11.9 Å². The molecule has 0 aromatic rings. The third-order valence-electron chi connectivity index (χ3n) is 12.9. The number of carbonyl (C=O) groups is 10. The molecule has 1 aliphatic rings. The number of nitrogens with two attached hydrogens (primary N) is 1. The molecule has 0 aliphatic carbocycles. The summed E-state index contributed by atoms with van der Waals surface area (Å²) in [6.07, 6.45) is 5.88. The highest BCUT2D eigenvalue weighted by Gasteiger charge is 2.38. The molecule has 20 heteroatoms. The van der Waals surface area contributed by atoms with E-state index in [-0.39, 0.29) is 56.3 Å². The quantitative estimate of drug-likeness (QED) is 0.0479. The number of rotatable bonds is 24. The first-order valence-corrected chi connectivity index (χ1v) is 27.0. The zero-order valence-electron chi connectivity index (χ0n) is 46.1. The molecule has 0 radical (unpaired) electrons. The van der Waals surface area contributed by atoms with Gasteiger partial charge < -0.3 is 52.8 Å². The molecule has 0 saturated carbocycles. The van der Waals surface area contributed by atoms with E-state index in [2.05, 4.69) is 51.1 Å². The molecule has 9 atom stereocenters. The largest absolute Gasteiger partial charge is 0.481 e. The summed E-state index contributed by atoms with van der Waals surface area (Å²) in [5.41, 5.74) is 5.49. The van der Waals surface area contributed by atoms with Crippen LogP contribution in [-0.4, -0.2) is 113 Å². The summed E-state index contributed by atoms with van der Waals surface area (Å²) < 4.78 is 6.08. The zero-order chi connectivity index (χ0) is 55.5. The van der Waals surface area contributed by atoms with Gasteiger partial charge in [0.1, 0.15) is 48.4 Å². The van der Waals surface area contributed by atoms with Crippen molar-refractivity contribution in [3.05, 3.63) is 0 Å². The van der Waals surface area contributed by atoms with Crippen molar-refractivity contribution < 1.29 is 57.8 Å². The second kappa shape index (κ2) is 34.2. The van der Waals surface area contributed by atoms with Crippen LogP contribution in [0.1, 0.15) is 192 Å². The number of hydrogen-bond donors (Lipinski definition) is 9. The third-order valence-corrected chi connectivity index (χ3v) is 12.9. The van der Waals surface area contributed by atoms with Gasteiger partial charge in [-0.25, -0.2) is 4.79 Å². The SMILES string of the molecule is CC[C@H](C)[C@@H]1NC(=O)C(CC(C)C)NC(=O)[C@H](CC(=O)O)NC(=O)C(C(C)C)NC(=O)C(CC(C)C)NC(=O)[C@H](CC(C)C)NC(=O)C(CCC(N)=O)NC(=O)CC(CCCCCCCCCC(C)C)OC1=O. The van der Waals surface area contributed by atoms with Crippen LogP contribution >= 0.6 is 0 Å². The number of unbranched alkanes of at least 4 members (excludes halogenated alkanes) is 6. The first kappa shape index (κ1) is 65.7.